The third kappa shape index (κ3) is 14.4. The molecule has 17 N–H and O–H groups in total. The minimum absolute atomic E-state index is 0.0269. The number of aliphatic hydroxyl groups excluding tert-OH is 6. The topological polar surface area (TPSA) is 477 Å². The Morgan fingerprint density at radius 1 is 0.667 bits per heavy atom. The Morgan fingerprint density at radius 2 is 1.25 bits per heavy atom. The fourth-order valence-corrected chi connectivity index (χ4v) is 11.6. The predicted octanol–water partition coefficient (Wildman–Crippen LogP) is -0.979. The third-order valence-electron chi connectivity index (χ3n) is 15.9. The molecule has 1 fully saturated rings. The summed E-state index contributed by atoms with van der Waals surface area (Å²) < 4.78 is 24.9. The molecule has 0 aromatic heterocycles. The van der Waals surface area contributed by atoms with Gasteiger partial charge in [0.15, 0.2) is 17.5 Å². The number of aromatic hydroxyl groups is 3. The van der Waals surface area contributed by atoms with Gasteiger partial charge in [0.2, 0.25) is 47.5 Å². The molecule has 5 aromatic rings. The van der Waals surface area contributed by atoms with Gasteiger partial charge < -0.3 is 117 Å². The van der Waals surface area contributed by atoms with Gasteiger partial charge in [-0.25, -0.2) is 0 Å². The van der Waals surface area contributed by atoms with Crippen LogP contribution in [0, 0.1) is 5.92 Å². The summed E-state index contributed by atoms with van der Waals surface area (Å²) in [5.41, 5.74) is 2.78. The largest absolute Gasteiger partial charge is 0.548 e. The number of fused-ring (bicyclic) bond motifs is 15. The molecule has 496 valence electrons. The Balaban J connectivity index is 1.32. The van der Waals surface area contributed by atoms with Crippen LogP contribution in [0.1, 0.15) is 84.8 Å². The van der Waals surface area contributed by atoms with Gasteiger partial charge in [0, 0.05) is 23.6 Å². The SMILES string of the molecule is CC(C)C[C@H](C(=O)N[C@H]1C(=O)N[C@@H](CC(N)=O)C(=O)N[C@H]2C(=O)N[C@H]3C(=O)N[C@H](C(=O)N[C@H](C(=O)[O-])c4cc(O)cc(O)c4-c4cc3ccc4O)[C@H](O)c3ccc(c(Cl)c3)Oc3cc2cc(c3O[C@@H]2O[C@H](CO)[C@@H](O)[C@H](O)[C@H]2O)Oc2ccc(cc2Cl)[C@H]1O)[N+](C)(C)C. The first-order chi connectivity index (χ1) is 43.7. The molecular formula is C61H66Cl2N8O22. The number of aliphatic carboxylic acids is 1. The van der Waals surface area contributed by atoms with Crippen LogP contribution in [-0.2, 0) is 43.1 Å². The van der Waals surface area contributed by atoms with E-state index in [1.165, 1.54) is 12.1 Å². The highest BCUT2D eigenvalue weighted by molar-refractivity contribution is 6.32. The van der Waals surface area contributed by atoms with E-state index in [9.17, 15) is 75.0 Å². The molecule has 6 aliphatic heterocycles. The van der Waals surface area contributed by atoms with Crippen molar-refractivity contribution in [3.63, 3.8) is 0 Å². The van der Waals surface area contributed by atoms with Crippen LogP contribution in [0.5, 0.6) is 46.0 Å². The molecule has 14 atom stereocenters. The normalized spacial score (nSPS) is 26.1. The Hall–Kier alpha value is -9.08. The molecule has 5 aromatic carbocycles. The summed E-state index contributed by atoms with van der Waals surface area (Å²) in [7, 11) is 5.16. The zero-order chi connectivity index (χ0) is 68.0. The molecule has 0 aliphatic carbocycles. The van der Waals surface area contributed by atoms with Crippen molar-refractivity contribution in [2.45, 2.75) is 112 Å². The molecule has 0 radical (unpaired) electrons. The lowest BCUT2D eigenvalue weighted by molar-refractivity contribution is -0.887. The van der Waals surface area contributed by atoms with Crippen LogP contribution >= 0.6 is 23.2 Å². The van der Waals surface area contributed by atoms with Gasteiger partial charge in [-0.05, 0) is 88.3 Å². The first-order valence-electron chi connectivity index (χ1n) is 28.7. The molecule has 11 rings (SSSR count). The number of amides is 7. The quantitative estimate of drug-likeness (QED) is 0.0707. The Bertz CT molecular complexity index is 3810. The number of carbonyl (C=O) groups excluding carboxylic acids is 8. The van der Waals surface area contributed by atoms with Gasteiger partial charge in [0.1, 0.15) is 95.6 Å². The van der Waals surface area contributed by atoms with Crippen LogP contribution in [0.4, 0.5) is 0 Å². The van der Waals surface area contributed by atoms with E-state index < -0.39 is 213 Å². The Kier molecular flexibility index (Phi) is 20.0. The lowest BCUT2D eigenvalue weighted by atomic mass is 9.89. The van der Waals surface area contributed by atoms with Crippen molar-refractivity contribution in [1.82, 2.24) is 31.9 Å². The van der Waals surface area contributed by atoms with E-state index in [1.807, 2.05) is 13.8 Å². The molecule has 11 bridgehead atoms. The Labute approximate surface area is 538 Å². The molecule has 0 saturated carbocycles. The van der Waals surface area contributed by atoms with Crippen LogP contribution in [0.25, 0.3) is 11.1 Å². The zero-order valence-corrected chi connectivity index (χ0v) is 51.4. The van der Waals surface area contributed by atoms with Crippen molar-refractivity contribution in [1.29, 1.82) is 0 Å². The van der Waals surface area contributed by atoms with E-state index in [1.54, 1.807) is 21.1 Å². The number of rotatable bonds is 11. The maximum atomic E-state index is 15.8. The fraction of sp³-hybridized carbons (Fsp3) is 0.377. The Morgan fingerprint density at radius 3 is 1.82 bits per heavy atom. The number of hydrogen-bond acceptors (Lipinski definition) is 22. The monoisotopic (exact) mass is 1330 g/mol. The predicted molar refractivity (Wildman–Crippen MR) is 319 cm³/mol. The number of nitrogens with one attached hydrogen (secondary N) is 6. The van der Waals surface area contributed by atoms with Gasteiger partial charge in [-0.2, -0.15) is 0 Å². The summed E-state index contributed by atoms with van der Waals surface area (Å²) in [6, 6.07) is -0.761. The van der Waals surface area contributed by atoms with Crippen LogP contribution in [0.3, 0.4) is 0 Å². The van der Waals surface area contributed by atoms with E-state index in [0.29, 0.717) is 0 Å². The summed E-state index contributed by atoms with van der Waals surface area (Å²) in [4.78, 5) is 116. The average molecular weight is 1330 g/mol. The van der Waals surface area contributed by atoms with Gasteiger partial charge in [-0.3, -0.25) is 33.6 Å². The second-order valence-electron chi connectivity index (χ2n) is 24.0. The number of nitrogens with two attached hydrogens (primary N) is 1. The highest BCUT2D eigenvalue weighted by Gasteiger charge is 2.47. The summed E-state index contributed by atoms with van der Waals surface area (Å²) in [6.45, 7) is 2.76. The number of hydrogen-bond donors (Lipinski definition) is 16. The number of phenolic OH excluding ortho intramolecular Hbond substituents is 3. The van der Waals surface area contributed by atoms with Crippen molar-refractivity contribution < 1.29 is 113 Å². The van der Waals surface area contributed by atoms with E-state index in [4.69, 9.17) is 47.9 Å². The number of carbonyl (C=O) groups is 8. The van der Waals surface area contributed by atoms with Crippen LogP contribution in [0.2, 0.25) is 10.0 Å². The summed E-state index contributed by atoms with van der Waals surface area (Å²) in [5, 5.41) is 128. The molecule has 32 heteroatoms. The number of ether oxygens (including phenoxy) is 4. The smallest absolute Gasteiger partial charge is 0.279 e. The minimum Gasteiger partial charge on any atom is -0.548 e. The van der Waals surface area contributed by atoms with Crippen LogP contribution < -0.4 is 57.0 Å². The highest BCUT2D eigenvalue weighted by atomic mass is 35.5. The minimum atomic E-state index is -2.34. The van der Waals surface area contributed by atoms with E-state index in [0.717, 1.165) is 66.7 Å². The molecule has 30 nitrogen and oxygen atoms in total. The number of carboxylic acid groups (broad SMARTS) is 1. The lowest BCUT2D eigenvalue weighted by Gasteiger charge is -2.39. The summed E-state index contributed by atoms with van der Waals surface area (Å²) >= 11 is 13.9. The summed E-state index contributed by atoms with van der Waals surface area (Å²) in [6.07, 6.45) is -14.9. The number of halogens is 2. The molecule has 7 amide bonds. The standard InChI is InChI=1S/C61H66Cl2N8O22/c1-22(2)12-33(71(3,4)5)55(83)69-46-48(77)24-7-10-36(30(62)14-24)90-38-16-26-17-39(53(38)93-61-52(81)51(80)50(79)40(21-72)92-61)91-37-11-8-25(15-31(37)63)49(78)47-59(87)68-45(60(88)89)29-18-27(73)19-35(75)42(29)28-13-23(6-9-34(28)74)43(56(84)70-47)67-57(85)44(26)66-54(82)32(20-41(64)76)65-58(46)86/h6-11,13-19,22,32-33,40,43-52,61,72,77-81H,12,20-21H2,1-5H3,(H11-,64,65,66,67,68,69,70,73,74,75,76,82,83,84,85,86,87,88,89)/t32-,33+,40+,43+,44+,45-,46+,47-,48+,49+,50+,51-,52+,61-/m0/s1. The molecule has 1 saturated heterocycles. The van der Waals surface area contributed by atoms with Gasteiger partial charge >= 0.3 is 0 Å². The number of carboxylic acids is 1. The van der Waals surface area contributed by atoms with Gasteiger partial charge in [0.05, 0.1) is 56.2 Å². The number of phenols is 3. The number of likely N-dealkylation sites (N-methyl/N-ethyl adjacent to an activating group) is 1. The van der Waals surface area contributed by atoms with Crippen LogP contribution in [0.15, 0.2) is 78.9 Å². The number of benzene rings is 5. The first-order valence-corrected chi connectivity index (χ1v) is 29.5. The van der Waals surface area contributed by atoms with Crippen molar-refractivity contribution in [2.24, 2.45) is 11.7 Å². The molecule has 0 unspecified atom stereocenters. The van der Waals surface area contributed by atoms with Gasteiger partial charge in [-0.1, -0.05) is 55.2 Å². The second-order valence-corrected chi connectivity index (χ2v) is 24.8. The highest BCUT2D eigenvalue weighted by Crippen LogP contribution is 2.49. The van der Waals surface area contributed by atoms with Crippen LogP contribution in [-0.4, -0.2) is 180 Å². The summed E-state index contributed by atoms with van der Waals surface area (Å²) in [5.74, 6) is -16.2. The van der Waals surface area contributed by atoms with E-state index >= 15 is 14.4 Å². The molecule has 93 heavy (non-hydrogen) atoms. The molecule has 6 heterocycles. The van der Waals surface area contributed by atoms with Gasteiger partial charge in [0.25, 0.3) is 5.91 Å². The van der Waals surface area contributed by atoms with Gasteiger partial charge in [-0.15, -0.1) is 0 Å². The lowest BCUT2D eigenvalue weighted by Crippen LogP contribution is -2.61. The van der Waals surface area contributed by atoms with Crippen molar-refractivity contribution in [2.75, 3.05) is 27.7 Å². The van der Waals surface area contributed by atoms with Crippen molar-refractivity contribution >= 4 is 70.5 Å². The molecule has 6 aliphatic rings. The first kappa shape index (κ1) is 68.3. The van der Waals surface area contributed by atoms with Crippen molar-refractivity contribution in [3.05, 3.63) is 117 Å². The molecular weight excluding hydrogens is 1270 g/mol. The zero-order valence-electron chi connectivity index (χ0n) is 49.9. The van der Waals surface area contributed by atoms with Crippen molar-refractivity contribution in [3.8, 4) is 57.1 Å². The van der Waals surface area contributed by atoms with E-state index in [2.05, 4.69) is 31.9 Å². The maximum absolute atomic E-state index is 15.8. The molecule has 0 spiro atoms. The second kappa shape index (κ2) is 27.2. The fourth-order valence-electron chi connectivity index (χ4n) is 11.1. The number of quaternary nitrogens is 1. The number of aliphatic hydroxyl groups is 6. The third-order valence-corrected chi connectivity index (χ3v) is 16.5. The van der Waals surface area contributed by atoms with E-state index in [-0.39, 0.29) is 44.3 Å². The maximum Gasteiger partial charge on any atom is 0.279 e. The average Bonchev–Trinajstić information content (AvgIpc) is 0.774. The number of primary amides is 1. The number of nitrogens with zero attached hydrogens (tertiary/aromatic N) is 1.